The summed E-state index contributed by atoms with van der Waals surface area (Å²) in [4.78, 5) is 10.5. The molecule has 0 amide bonds. The van der Waals surface area contributed by atoms with Crippen LogP contribution in [0.4, 0.5) is 0 Å². The molecule has 0 bridgehead atoms. The van der Waals surface area contributed by atoms with Gasteiger partial charge in [-0.2, -0.15) is 0 Å². The van der Waals surface area contributed by atoms with Crippen LogP contribution in [0.15, 0.2) is 10.8 Å². The van der Waals surface area contributed by atoms with Crippen molar-refractivity contribution in [3.63, 3.8) is 0 Å². The van der Waals surface area contributed by atoms with Gasteiger partial charge in [0.05, 0.1) is 7.11 Å². The van der Waals surface area contributed by atoms with E-state index in [-0.39, 0.29) is 10.6 Å². The number of rotatable bonds is 1. The van der Waals surface area contributed by atoms with Gasteiger partial charge in [0.2, 0.25) is 6.20 Å². The number of nitrogens with zero attached hydrogens (tertiary/aromatic N) is 2. The second kappa shape index (κ2) is 2.34. The minimum Gasteiger partial charge on any atom is -0.463 e. The minimum atomic E-state index is -0.767. The zero-order chi connectivity index (χ0) is 7.56. The van der Waals surface area contributed by atoms with Gasteiger partial charge in [-0.3, -0.25) is 4.63 Å². The Balaban J connectivity index is 2.93. The first-order valence-corrected chi connectivity index (χ1v) is 2.38. The molecule has 1 aromatic rings. The van der Waals surface area contributed by atoms with Crippen LogP contribution in [0.3, 0.4) is 0 Å². The molecule has 0 aliphatic rings. The lowest BCUT2D eigenvalue weighted by molar-refractivity contribution is -0.804. The van der Waals surface area contributed by atoms with Crippen LogP contribution in [0.1, 0.15) is 10.5 Å². The molecule has 0 saturated carbocycles. The molecule has 0 aliphatic carbocycles. The molecular formula is C4H4N2O4. The highest BCUT2D eigenvalue weighted by atomic mass is 16.8. The highest BCUT2D eigenvalue weighted by Gasteiger charge is 2.17. The molecule has 1 rings (SSSR count). The number of methoxy groups -OCH3 is 1. The van der Waals surface area contributed by atoms with E-state index in [1.54, 1.807) is 0 Å². The summed E-state index contributed by atoms with van der Waals surface area (Å²) in [5.74, 6) is -0.767. The Labute approximate surface area is 55.5 Å². The van der Waals surface area contributed by atoms with Gasteiger partial charge < -0.3 is 9.94 Å². The van der Waals surface area contributed by atoms with Crippen LogP contribution in [0.25, 0.3) is 0 Å². The maximum Gasteiger partial charge on any atom is 0.386 e. The van der Waals surface area contributed by atoms with Crippen molar-refractivity contribution in [3.8, 4) is 0 Å². The van der Waals surface area contributed by atoms with E-state index in [4.69, 9.17) is 0 Å². The Morgan fingerprint density at radius 3 is 3.10 bits per heavy atom. The average Bonchev–Trinajstić information content (AvgIpc) is 2.34. The van der Waals surface area contributed by atoms with Gasteiger partial charge in [-0.05, 0) is 4.90 Å². The van der Waals surface area contributed by atoms with Crippen molar-refractivity contribution in [3.05, 3.63) is 17.1 Å². The normalized spacial score (nSPS) is 9.30. The van der Waals surface area contributed by atoms with Gasteiger partial charge in [-0.15, -0.1) is 0 Å². The molecule has 0 fully saturated rings. The van der Waals surface area contributed by atoms with E-state index >= 15 is 0 Å². The Hall–Kier alpha value is -1.59. The van der Waals surface area contributed by atoms with Crippen molar-refractivity contribution >= 4 is 5.97 Å². The number of ether oxygens (including phenoxy) is 1. The highest BCUT2D eigenvalue weighted by molar-refractivity contribution is 5.84. The van der Waals surface area contributed by atoms with Crippen LogP contribution < -0.4 is 4.90 Å². The van der Waals surface area contributed by atoms with Gasteiger partial charge >= 0.3 is 11.7 Å². The van der Waals surface area contributed by atoms with Crippen LogP contribution in [0.5, 0.6) is 0 Å². The zero-order valence-electron chi connectivity index (χ0n) is 5.10. The van der Waals surface area contributed by atoms with Gasteiger partial charge in [0, 0.05) is 5.16 Å². The van der Waals surface area contributed by atoms with Crippen molar-refractivity contribution in [2.45, 2.75) is 0 Å². The molecular weight excluding hydrogens is 140 g/mol. The summed E-state index contributed by atoms with van der Waals surface area (Å²) < 4.78 is 8.21. The second-order valence-electron chi connectivity index (χ2n) is 1.45. The molecule has 0 spiro atoms. The van der Waals surface area contributed by atoms with Gasteiger partial charge in [-0.25, -0.2) is 4.79 Å². The predicted octanol–water partition coefficient (Wildman–Crippen LogP) is -0.905. The zero-order valence-corrected chi connectivity index (χ0v) is 5.10. The number of aromatic nitrogens is 2. The predicted molar refractivity (Wildman–Crippen MR) is 26.8 cm³/mol. The van der Waals surface area contributed by atoms with E-state index in [0.717, 1.165) is 13.3 Å². The van der Waals surface area contributed by atoms with Gasteiger partial charge in [0.15, 0.2) is 0 Å². The first-order chi connectivity index (χ1) is 4.75. The van der Waals surface area contributed by atoms with E-state index in [1.807, 2.05) is 0 Å². The van der Waals surface area contributed by atoms with E-state index in [2.05, 4.69) is 14.5 Å². The summed E-state index contributed by atoms with van der Waals surface area (Å²) >= 11 is 0. The lowest BCUT2D eigenvalue weighted by atomic mass is 10.5. The summed E-state index contributed by atoms with van der Waals surface area (Å²) in [7, 11) is 1.16. The average molecular weight is 144 g/mol. The molecule has 6 heteroatoms. The van der Waals surface area contributed by atoms with E-state index in [9.17, 15) is 10.0 Å². The number of hydrogen-bond acceptors (Lipinski definition) is 5. The first kappa shape index (κ1) is 6.53. The second-order valence-corrected chi connectivity index (χ2v) is 1.45. The number of carbonyl (C=O) groups excluding carboxylic acids is 1. The van der Waals surface area contributed by atoms with Crippen LogP contribution in [-0.4, -0.2) is 18.2 Å². The molecule has 0 saturated heterocycles. The lowest BCUT2D eigenvalue weighted by Gasteiger charge is -1.90. The van der Waals surface area contributed by atoms with Crippen molar-refractivity contribution in [2.75, 3.05) is 7.11 Å². The fraction of sp³-hybridized carbons (Fsp3) is 0.250. The summed E-state index contributed by atoms with van der Waals surface area (Å²) in [6.07, 6.45) is 0.985. The monoisotopic (exact) mass is 144 g/mol. The third-order valence-corrected chi connectivity index (χ3v) is 0.888. The van der Waals surface area contributed by atoms with E-state index in [1.165, 1.54) is 0 Å². The van der Waals surface area contributed by atoms with Gasteiger partial charge in [-0.1, -0.05) is 0 Å². The molecule has 0 unspecified atom stereocenters. The largest absolute Gasteiger partial charge is 0.463 e. The third-order valence-electron chi connectivity index (χ3n) is 0.888. The topological polar surface area (TPSA) is 79.3 Å². The lowest BCUT2D eigenvalue weighted by Crippen LogP contribution is -2.31. The SMILES string of the molecule is COC(=O)c1cno[n+]1[O-]. The van der Waals surface area contributed by atoms with Crippen molar-refractivity contribution < 1.29 is 19.1 Å². The van der Waals surface area contributed by atoms with Crippen LogP contribution >= 0.6 is 0 Å². The van der Waals surface area contributed by atoms with Crippen molar-refractivity contribution in [1.29, 1.82) is 0 Å². The summed E-state index contributed by atoms with van der Waals surface area (Å²) in [5, 5.41) is 13.5. The molecule has 0 radical (unpaired) electrons. The van der Waals surface area contributed by atoms with Crippen LogP contribution in [0, 0.1) is 5.21 Å². The standard InChI is InChI=1S/C4H4N2O4/c1-9-4(7)3-2-5-10-6(3)8/h2H,1H3. The summed E-state index contributed by atoms with van der Waals surface area (Å²) in [6, 6.07) is 0. The fourth-order valence-corrected chi connectivity index (χ4v) is 0.439. The Bertz CT molecular complexity index is 243. The molecule has 54 valence electrons. The minimum absolute atomic E-state index is 0.0220. The maximum atomic E-state index is 10.6. The van der Waals surface area contributed by atoms with Crippen molar-refractivity contribution in [1.82, 2.24) is 5.16 Å². The number of carbonyl (C=O) groups is 1. The molecule has 0 aliphatic heterocycles. The number of hydrogen-bond donors (Lipinski definition) is 0. The maximum absolute atomic E-state index is 10.6. The van der Waals surface area contributed by atoms with Crippen LogP contribution in [-0.2, 0) is 4.74 Å². The summed E-state index contributed by atoms with van der Waals surface area (Å²) in [5.41, 5.74) is -0.262. The quantitative estimate of drug-likeness (QED) is 0.376. The Kier molecular flexibility index (Phi) is 1.53. The number of esters is 1. The molecule has 0 atom stereocenters. The van der Waals surface area contributed by atoms with Gasteiger partial charge in [0.25, 0.3) is 0 Å². The molecule has 0 N–H and O–H groups in total. The summed E-state index contributed by atoms with van der Waals surface area (Å²) in [6.45, 7) is 0. The Morgan fingerprint density at radius 1 is 2.00 bits per heavy atom. The van der Waals surface area contributed by atoms with E-state index < -0.39 is 5.97 Å². The van der Waals surface area contributed by atoms with Crippen molar-refractivity contribution in [2.24, 2.45) is 0 Å². The smallest absolute Gasteiger partial charge is 0.386 e. The van der Waals surface area contributed by atoms with E-state index in [0.29, 0.717) is 0 Å². The molecule has 10 heavy (non-hydrogen) atoms. The Morgan fingerprint density at radius 2 is 2.70 bits per heavy atom. The molecule has 6 nitrogen and oxygen atoms in total. The van der Waals surface area contributed by atoms with Crippen LogP contribution in [0.2, 0.25) is 0 Å². The molecule has 1 aromatic heterocycles. The molecule has 0 aromatic carbocycles. The highest BCUT2D eigenvalue weighted by Crippen LogP contribution is 1.89. The third kappa shape index (κ3) is 0.903. The van der Waals surface area contributed by atoms with Gasteiger partial charge in [0.1, 0.15) is 0 Å². The molecule has 1 heterocycles. The fourth-order valence-electron chi connectivity index (χ4n) is 0.439. The first-order valence-electron chi connectivity index (χ1n) is 2.38.